The number of carbonyl (C=O) groups is 1. The lowest BCUT2D eigenvalue weighted by Crippen LogP contribution is -2.36. The summed E-state index contributed by atoms with van der Waals surface area (Å²) in [7, 11) is 0. The summed E-state index contributed by atoms with van der Waals surface area (Å²) in [6.07, 6.45) is 0.167. The van der Waals surface area contributed by atoms with Crippen LogP contribution in [-0.4, -0.2) is 29.2 Å². The van der Waals surface area contributed by atoms with Crippen LogP contribution in [0, 0.1) is 17.0 Å². The first kappa shape index (κ1) is 17.6. The van der Waals surface area contributed by atoms with Gasteiger partial charge in [-0.2, -0.15) is 0 Å². The van der Waals surface area contributed by atoms with Gasteiger partial charge in [-0.3, -0.25) is 14.9 Å². The number of nitrogens with zero attached hydrogens (tertiary/aromatic N) is 2. The molecule has 0 aromatic heterocycles. The summed E-state index contributed by atoms with van der Waals surface area (Å²) in [4.78, 5) is 28.1. The smallest absolute Gasteiger partial charge is 0.278 e. The van der Waals surface area contributed by atoms with Gasteiger partial charge in [-0.25, -0.2) is 0 Å². The topological polar surface area (TPSA) is 93.8 Å². The van der Waals surface area contributed by atoms with Crippen molar-refractivity contribution in [3.8, 4) is 0 Å². The molecule has 0 saturated carbocycles. The van der Waals surface area contributed by atoms with Gasteiger partial charge in [0.25, 0.3) is 11.6 Å². The number of nitro groups is 1. The molecule has 7 heteroatoms. The minimum atomic E-state index is -0.761. The van der Waals surface area contributed by atoms with Crippen molar-refractivity contribution < 1.29 is 14.6 Å². The van der Waals surface area contributed by atoms with Gasteiger partial charge in [0.1, 0.15) is 0 Å². The van der Waals surface area contributed by atoms with E-state index in [2.05, 4.69) is 10.5 Å². The van der Waals surface area contributed by atoms with Gasteiger partial charge in [-0.1, -0.05) is 47.1 Å². The lowest BCUT2D eigenvalue weighted by atomic mass is 10.0. The monoisotopic (exact) mass is 353 g/mol. The Kier molecular flexibility index (Phi) is 5.26. The molecule has 1 aliphatic heterocycles. The van der Waals surface area contributed by atoms with Crippen molar-refractivity contribution in [1.82, 2.24) is 5.32 Å². The molecule has 1 amide bonds. The molecule has 7 nitrogen and oxygen atoms in total. The summed E-state index contributed by atoms with van der Waals surface area (Å²) in [6.45, 7) is 2.51. The van der Waals surface area contributed by atoms with Crippen LogP contribution < -0.4 is 5.32 Å². The first-order valence-corrected chi connectivity index (χ1v) is 8.34. The molecule has 0 saturated heterocycles. The summed E-state index contributed by atoms with van der Waals surface area (Å²) in [6, 6.07) is 14.4. The van der Waals surface area contributed by atoms with Crippen LogP contribution in [-0.2, 0) is 16.1 Å². The second kappa shape index (κ2) is 7.77. The highest BCUT2D eigenvalue weighted by atomic mass is 16.6. The van der Waals surface area contributed by atoms with E-state index in [1.54, 1.807) is 18.2 Å². The van der Waals surface area contributed by atoms with Gasteiger partial charge in [0.05, 0.1) is 16.2 Å². The lowest BCUT2D eigenvalue weighted by Gasteiger charge is -2.09. The maximum Gasteiger partial charge on any atom is 0.278 e. The summed E-state index contributed by atoms with van der Waals surface area (Å²) in [5, 5.41) is 17.8. The van der Waals surface area contributed by atoms with Crippen LogP contribution >= 0.6 is 0 Å². The maximum absolute atomic E-state index is 12.2. The van der Waals surface area contributed by atoms with Crippen LogP contribution in [0.2, 0.25) is 0 Å². The second-order valence-electron chi connectivity index (χ2n) is 6.14. The molecule has 0 fully saturated rings. The highest BCUT2D eigenvalue weighted by Crippen LogP contribution is 2.24. The molecular formula is C19H19N3O4. The summed E-state index contributed by atoms with van der Waals surface area (Å²) in [5.74, 6) is -0.269. The summed E-state index contributed by atoms with van der Waals surface area (Å²) >= 11 is 0. The molecule has 3 rings (SSSR count). The van der Waals surface area contributed by atoms with Crippen LogP contribution in [0.25, 0.3) is 0 Å². The molecule has 1 N–H and O–H groups in total. The van der Waals surface area contributed by atoms with Crippen molar-refractivity contribution in [3.63, 3.8) is 0 Å². The molecule has 2 aromatic rings. The van der Waals surface area contributed by atoms with E-state index in [4.69, 9.17) is 4.84 Å². The highest BCUT2D eigenvalue weighted by Gasteiger charge is 2.31. The van der Waals surface area contributed by atoms with E-state index in [1.165, 1.54) is 11.6 Å². The van der Waals surface area contributed by atoms with E-state index < -0.39 is 11.0 Å². The van der Waals surface area contributed by atoms with E-state index in [1.807, 2.05) is 31.2 Å². The van der Waals surface area contributed by atoms with Gasteiger partial charge in [-0.15, -0.1) is 0 Å². The molecule has 0 radical (unpaired) electrons. The Morgan fingerprint density at radius 1 is 1.27 bits per heavy atom. The van der Waals surface area contributed by atoms with E-state index in [9.17, 15) is 14.9 Å². The minimum absolute atomic E-state index is 0.0460. The Morgan fingerprint density at radius 3 is 2.73 bits per heavy atom. The predicted octanol–water partition coefficient (Wildman–Crippen LogP) is 2.76. The number of nitro benzene ring substituents is 1. The van der Waals surface area contributed by atoms with Crippen molar-refractivity contribution in [3.05, 3.63) is 75.3 Å². The van der Waals surface area contributed by atoms with E-state index in [0.29, 0.717) is 17.8 Å². The van der Waals surface area contributed by atoms with Crippen LogP contribution in [0.3, 0.4) is 0 Å². The van der Waals surface area contributed by atoms with Crippen molar-refractivity contribution in [1.29, 1.82) is 0 Å². The normalized spacial score (nSPS) is 15.9. The van der Waals surface area contributed by atoms with Crippen LogP contribution in [0.1, 0.15) is 23.1 Å². The molecule has 1 atom stereocenters. The van der Waals surface area contributed by atoms with Gasteiger partial charge < -0.3 is 10.2 Å². The number of aryl methyl sites for hydroxylation is 1. The zero-order valence-corrected chi connectivity index (χ0v) is 14.3. The molecule has 2 aromatic carbocycles. The zero-order valence-electron chi connectivity index (χ0n) is 14.3. The SMILES string of the molecule is Cc1ccc(CCNC(=O)C2CC(c3ccccc3[N+](=O)[O-])=NO2)cc1. The minimum Gasteiger partial charge on any atom is -0.382 e. The highest BCUT2D eigenvalue weighted by molar-refractivity contribution is 6.06. The van der Waals surface area contributed by atoms with Crippen molar-refractivity contribution in [2.75, 3.05) is 6.54 Å². The Morgan fingerprint density at radius 2 is 2.00 bits per heavy atom. The fourth-order valence-electron chi connectivity index (χ4n) is 2.75. The first-order valence-electron chi connectivity index (χ1n) is 8.34. The average Bonchev–Trinajstić information content (AvgIpc) is 3.13. The van der Waals surface area contributed by atoms with Gasteiger partial charge in [0.2, 0.25) is 6.10 Å². The Bertz CT molecular complexity index is 846. The van der Waals surface area contributed by atoms with Crippen molar-refractivity contribution >= 4 is 17.3 Å². The van der Waals surface area contributed by atoms with Gasteiger partial charge in [0.15, 0.2) is 0 Å². The third-order valence-electron chi connectivity index (χ3n) is 4.21. The predicted molar refractivity (Wildman–Crippen MR) is 97.0 cm³/mol. The standard InChI is InChI=1S/C19H19N3O4/c1-13-6-8-14(9-7-13)10-11-20-19(23)18-12-16(21-26-18)15-4-2-3-5-17(15)22(24)25/h2-9,18H,10-12H2,1H3,(H,20,23). The number of rotatable bonds is 6. The lowest BCUT2D eigenvalue weighted by molar-refractivity contribution is -0.385. The molecule has 1 aliphatic rings. The Balaban J connectivity index is 1.54. The van der Waals surface area contributed by atoms with Crippen LogP contribution in [0.15, 0.2) is 53.7 Å². The first-order chi connectivity index (χ1) is 12.5. The fourth-order valence-corrected chi connectivity index (χ4v) is 2.75. The molecule has 1 unspecified atom stereocenters. The molecule has 1 heterocycles. The van der Waals surface area contributed by atoms with Crippen LogP contribution in [0.5, 0.6) is 0 Å². The quantitative estimate of drug-likeness (QED) is 0.638. The molecular weight excluding hydrogens is 334 g/mol. The third kappa shape index (κ3) is 4.05. The van der Waals surface area contributed by atoms with E-state index in [-0.39, 0.29) is 18.0 Å². The molecule has 0 bridgehead atoms. The van der Waals surface area contributed by atoms with E-state index >= 15 is 0 Å². The zero-order chi connectivity index (χ0) is 18.5. The molecule has 134 valence electrons. The van der Waals surface area contributed by atoms with Gasteiger partial charge >= 0.3 is 0 Å². The number of hydrogen-bond acceptors (Lipinski definition) is 5. The number of para-hydroxylation sites is 1. The largest absolute Gasteiger partial charge is 0.382 e. The van der Waals surface area contributed by atoms with Gasteiger partial charge in [0, 0.05) is 19.0 Å². The Labute approximate surface area is 150 Å². The Hall–Kier alpha value is -3.22. The summed E-state index contributed by atoms with van der Waals surface area (Å²) < 4.78 is 0. The number of nitrogens with one attached hydrogen (secondary N) is 1. The van der Waals surface area contributed by atoms with Crippen molar-refractivity contribution in [2.45, 2.75) is 25.9 Å². The van der Waals surface area contributed by atoms with Crippen molar-refractivity contribution in [2.24, 2.45) is 5.16 Å². The van der Waals surface area contributed by atoms with Crippen LogP contribution in [0.4, 0.5) is 5.69 Å². The molecule has 0 aliphatic carbocycles. The molecule has 0 spiro atoms. The van der Waals surface area contributed by atoms with Gasteiger partial charge in [-0.05, 0) is 25.0 Å². The second-order valence-corrected chi connectivity index (χ2v) is 6.14. The number of hydrogen-bond donors (Lipinski definition) is 1. The fraction of sp³-hybridized carbons (Fsp3) is 0.263. The number of oxime groups is 1. The molecule has 26 heavy (non-hydrogen) atoms. The summed E-state index contributed by atoms with van der Waals surface area (Å²) in [5.41, 5.74) is 3.08. The maximum atomic E-state index is 12.2. The number of amides is 1. The number of carbonyl (C=O) groups excluding carboxylic acids is 1. The third-order valence-corrected chi connectivity index (χ3v) is 4.21. The average molecular weight is 353 g/mol. The number of benzene rings is 2. The van der Waals surface area contributed by atoms with E-state index in [0.717, 1.165) is 12.0 Å².